The minimum atomic E-state index is -0.360. The zero-order valence-electron chi connectivity index (χ0n) is 10.2. The first-order valence-electron chi connectivity index (χ1n) is 5.58. The predicted molar refractivity (Wildman–Crippen MR) is 70.6 cm³/mol. The van der Waals surface area contributed by atoms with Gasteiger partial charge in [0.05, 0.1) is 0 Å². The Hall–Kier alpha value is -2.69. The number of aromatic hydroxyl groups is 3. The summed E-state index contributed by atoms with van der Waals surface area (Å²) in [7, 11) is 1.56. The predicted octanol–water partition coefficient (Wildman–Crippen LogP) is 2.08. The number of hydrogen-bond donors (Lipinski definition) is 3. The molecule has 0 radical (unpaired) electrons. The van der Waals surface area contributed by atoms with Gasteiger partial charge in [0.15, 0.2) is 11.5 Å². The van der Waals surface area contributed by atoms with Crippen LogP contribution in [0.4, 0.5) is 5.69 Å². The van der Waals surface area contributed by atoms with Gasteiger partial charge in [-0.1, -0.05) is 6.07 Å². The van der Waals surface area contributed by atoms with Gasteiger partial charge in [-0.25, -0.2) is 0 Å². The molecule has 0 bridgehead atoms. The Morgan fingerprint density at radius 2 is 1.74 bits per heavy atom. The van der Waals surface area contributed by atoms with Gasteiger partial charge in [-0.15, -0.1) is 0 Å². The molecule has 98 valence electrons. The van der Waals surface area contributed by atoms with Gasteiger partial charge in [0.25, 0.3) is 5.91 Å². The van der Waals surface area contributed by atoms with Crippen molar-refractivity contribution in [2.45, 2.75) is 0 Å². The van der Waals surface area contributed by atoms with Crippen LogP contribution in [0, 0.1) is 0 Å². The molecule has 0 fully saturated rings. The van der Waals surface area contributed by atoms with Crippen molar-refractivity contribution in [1.29, 1.82) is 0 Å². The highest BCUT2D eigenvalue weighted by atomic mass is 16.3. The Bertz CT molecular complexity index is 625. The van der Waals surface area contributed by atoms with Crippen molar-refractivity contribution in [3.8, 4) is 17.2 Å². The number of anilines is 1. The number of rotatable bonds is 2. The molecule has 0 saturated carbocycles. The third-order valence-electron chi connectivity index (χ3n) is 2.74. The molecule has 0 saturated heterocycles. The monoisotopic (exact) mass is 259 g/mol. The van der Waals surface area contributed by atoms with Gasteiger partial charge in [0, 0.05) is 24.4 Å². The highest BCUT2D eigenvalue weighted by Gasteiger charge is 2.15. The molecule has 0 aliphatic rings. The molecule has 0 atom stereocenters. The van der Waals surface area contributed by atoms with Gasteiger partial charge < -0.3 is 20.2 Å². The SMILES string of the molecule is CN(C(=O)c1ccc(O)c(O)c1)c1cccc(O)c1. The van der Waals surface area contributed by atoms with Crippen LogP contribution in [0.2, 0.25) is 0 Å². The number of phenolic OH excluding ortho intramolecular Hbond substituents is 3. The van der Waals surface area contributed by atoms with Crippen molar-refractivity contribution in [3.63, 3.8) is 0 Å². The van der Waals surface area contributed by atoms with Crippen LogP contribution in [0.3, 0.4) is 0 Å². The Morgan fingerprint density at radius 3 is 2.37 bits per heavy atom. The molecule has 3 N–H and O–H groups in total. The Balaban J connectivity index is 2.30. The summed E-state index contributed by atoms with van der Waals surface area (Å²) in [5.74, 6) is -0.932. The first kappa shape index (κ1) is 12.8. The molecular formula is C14H13NO4. The van der Waals surface area contributed by atoms with Crippen LogP contribution >= 0.6 is 0 Å². The van der Waals surface area contributed by atoms with Gasteiger partial charge >= 0.3 is 0 Å². The lowest BCUT2D eigenvalue weighted by Crippen LogP contribution is -2.26. The lowest BCUT2D eigenvalue weighted by atomic mass is 10.1. The standard InChI is InChI=1S/C14H13NO4/c1-15(10-3-2-4-11(16)8-10)14(19)9-5-6-12(17)13(18)7-9/h2-8,16-18H,1H3. The number of hydrogen-bond acceptors (Lipinski definition) is 4. The van der Waals surface area contributed by atoms with Crippen molar-refractivity contribution in [2.75, 3.05) is 11.9 Å². The Morgan fingerprint density at radius 1 is 1.00 bits per heavy atom. The van der Waals surface area contributed by atoms with E-state index in [1.807, 2.05) is 0 Å². The normalized spacial score (nSPS) is 10.2. The van der Waals surface area contributed by atoms with Crippen LogP contribution in [0.15, 0.2) is 42.5 Å². The smallest absolute Gasteiger partial charge is 0.258 e. The van der Waals surface area contributed by atoms with Gasteiger partial charge in [0.1, 0.15) is 5.75 Å². The van der Waals surface area contributed by atoms with E-state index < -0.39 is 0 Å². The van der Waals surface area contributed by atoms with Crippen molar-refractivity contribution in [3.05, 3.63) is 48.0 Å². The first-order valence-corrected chi connectivity index (χ1v) is 5.58. The van der Waals surface area contributed by atoms with Gasteiger partial charge in [-0.2, -0.15) is 0 Å². The Labute approximate surface area is 110 Å². The molecule has 1 amide bonds. The fraction of sp³-hybridized carbons (Fsp3) is 0.0714. The van der Waals surface area contributed by atoms with Crippen molar-refractivity contribution in [1.82, 2.24) is 0 Å². The molecule has 0 unspecified atom stereocenters. The molecule has 0 aliphatic carbocycles. The number of carbonyl (C=O) groups excluding carboxylic acids is 1. The lowest BCUT2D eigenvalue weighted by molar-refractivity contribution is 0.0992. The lowest BCUT2D eigenvalue weighted by Gasteiger charge is -2.17. The second-order valence-electron chi connectivity index (χ2n) is 4.09. The van der Waals surface area contributed by atoms with E-state index in [-0.39, 0.29) is 28.7 Å². The minimum absolute atomic E-state index is 0.0608. The second kappa shape index (κ2) is 4.89. The van der Waals surface area contributed by atoms with E-state index in [1.54, 1.807) is 19.2 Å². The highest BCUT2D eigenvalue weighted by molar-refractivity contribution is 6.06. The van der Waals surface area contributed by atoms with E-state index in [0.29, 0.717) is 5.69 Å². The summed E-state index contributed by atoms with van der Waals surface area (Å²) >= 11 is 0. The van der Waals surface area contributed by atoms with E-state index in [2.05, 4.69) is 0 Å². The van der Waals surface area contributed by atoms with Crippen molar-refractivity contribution >= 4 is 11.6 Å². The minimum Gasteiger partial charge on any atom is -0.508 e. The highest BCUT2D eigenvalue weighted by Crippen LogP contribution is 2.26. The molecule has 2 aromatic rings. The van der Waals surface area contributed by atoms with Crippen LogP contribution in [0.1, 0.15) is 10.4 Å². The summed E-state index contributed by atoms with van der Waals surface area (Å²) in [5, 5.41) is 28.0. The fourth-order valence-electron chi connectivity index (χ4n) is 1.67. The molecule has 0 spiro atoms. The number of amides is 1. The van der Waals surface area contributed by atoms with Crippen LogP contribution in [0.5, 0.6) is 17.2 Å². The number of phenols is 3. The molecule has 0 aromatic heterocycles. The summed E-state index contributed by atoms with van der Waals surface area (Å²) in [6.45, 7) is 0. The van der Waals surface area contributed by atoms with Crippen molar-refractivity contribution < 1.29 is 20.1 Å². The first-order chi connectivity index (χ1) is 8.99. The topological polar surface area (TPSA) is 81.0 Å². The zero-order valence-corrected chi connectivity index (χ0v) is 10.2. The molecule has 2 aromatic carbocycles. The number of nitrogens with zero attached hydrogens (tertiary/aromatic N) is 1. The average molecular weight is 259 g/mol. The summed E-state index contributed by atoms with van der Waals surface area (Å²) in [6.07, 6.45) is 0. The van der Waals surface area contributed by atoms with E-state index in [9.17, 15) is 20.1 Å². The van der Waals surface area contributed by atoms with Crippen molar-refractivity contribution in [2.24, 2.45) is 0 Å². The van der Waals surface area contributed by atoms with Gasteiger partial charge in [-0.05, 0) is 30.3 Å². The molecule has 0 aliphatic heterocycles. The van der Waals surface area contributed by atoms with E-state index in [0.717, 1.165) is 0 Å². The zero-order chi connectivity index (χ0) is 14.0. The maximum atomic E-state index is 12.2. The summed E-state index contributed by atoms with van der Waals surface area (Å²) in [6, 6.07) is 10.1. The summed E-state index contributed by atoms with van der Waals surface area (Å²) in [5.41, 5.74) is 0.763. The maximum Gasteiger partial charge on any atom is 0.258 e. The fourth-order valence-corrected chi connectivity index (χ4v) is 1.67. The molecule has 5 heteroatoms. The summed E-state index contributed by atoms with van der Waals surface area (Å²) in [4.78, 5) is 13.5. The molecule has 5 nitrogen and oxygen atoms in total. The Kier molecular flexibility index (Phi) is 3.29. The molecule has 2 rings (SSSR count). The molecule has 19 heavy (non-hydrogen) atoms. The second-order valence-corrected chi connectivity index (χ2v) is 4.09. The third-order valence-corrected chi connectivity index (χ3v) is 2.74. The van der Waals surface area contributed by atoms with Crippen LogP contribution in [0.25, 0.3) is 0 Å². The van der Waals surface area contributed by atoms with Gasteiger partial charge in [0.2, 0.25) is 0 Å². The molecular weight excluding hydrogens is 246 g/mol. The number of benzene rings is 2. The number of carbonyl (C=O) groups is 1. The quantitative estimate of drug-likeness (QED) is 0.721. The maximum absolute atomic E-state index is 12.2. The van der Waals surface area contributed by atoms with Crippen LogP contribution < -0.4 is 4.90 Å². The average Bonchev–Trinajstić information content (AvgIpc) is 2.40. The van der Waals surface area contributed by atoms with Crippen LogP contribution in [-0.2, 0) is 0 Å². The van der Waals surface area contributed by atoms with Crippen LogP contribution in [-0.4, -0.2) is 28.3 Å². The van der Waals surface area contributed by atoms with E-state index in [1.165, 1.54) is 35.2 Å². The largest absolute Gasteiger partial charge is 0.508 e. The summed E-state index contributed by atoms with van der Waals surface area (Å²) < 4.78 is 0. The third kappa shape index (κ3) is 2.60. The van der Waals surface area contributed by atoms with Gasteiger partial charge in [-0.3, -0.25) is 4.79 Å². The van der Waals surface area contributed by atoms with E-state index in [4.69, 9.17) is 0 Å². The molecule has 0 heterocycles. The van der Waals surface area contributed by atoms with E-state index >= 15 is 0 Å².